The van der Waals surface area contributed by atoms with Gasteiger partial charge < -0.3 is 9.84 Å². The molecule has 0 saturated carbocycles. The number of rotatable bonds is 3. The number of nitrogens with zero attached hydrogens (tertiary/aromatic N) is 1. The molecule has 3 rings (SSSR count). The fourth-order valence-corrected chi connectivity index (χ4v) is 3.08. The highest BCUT2D eigenvalue weighted by Gasteiger charge is 2.12. The summed E-state index contributed by atoms with van der Waals surface area (Å²) in [5, 5.41) is 12.3. The predicted octanol–water partition coefficient (Wildman–Crippen LogP) is 4.89. The maximum Gasteiger partial charge on any atom is 0.280 e. The number of hydrogen-bond acceptors (Lipinski definition) is 4. The van der Waals surface area contributed by atoms with Crippen molar-refractivity contribution >= 4 is 45.3 Å². The molecule has 0 bridgehead atoms. The van der Waals surface area contributed by atoms with Crippen LogP contribution in [0.1, 0.15) is 4.88 Å². The molecule has 102 valence electrons. The number of fused-ring (bicyclic) bond motifs is 1. The number of halogens is 2. The van der Waals surface area contributed by atoms with E-state index in [0.717, 1.165) is 10.8 Å². The average molecular weight is 326 g/mol. The van der Waals surface area contributed by atoms with Crippen LogP contribution >= 0.6 is 34.5 Å². The van der Waals surface area contributed by atoms with Crippen molar-refractivity contribution in [2.75, 3.05) is 0 Å². The number of thiazole rings is 1. The molecule has 0 spiro atoms. The second kappa shape index (κ2) is 5.58. The maximum atomic E-state index is 9.12. The number of hydrogen-bond donors (Lipinski definition) is 1. The molecule has 3 nitrogen and oxygen atoms in total. The molecule has 3 aromatic rings. The molecule has 1 N–H and O–H groups in total. The highest BCUT2D eigenvalue weighted by atomic mass is 35.5. The minimum Gasteiger partial charge on any atom is -0.430 e. The summed E-state index contributed by atoms with van der Waals surface area (Å²) in [6.07, 6.45) is 0. The molecule has 0 aliphatic carbocycles. The van der Waals surface area contributed by atoms with Crippen LogP contribution in [0.15, 0.2) is 36.4 Å². The lowest BCUT2D eigenvalue weighted by Crippen LogP contribution is -1.85. The van der Waals surface area contributed by atoms with Crippen LogP contribution in [0.5, 0.6) is 10.9 Å². The van der Waals surface area contributed by atoms with Gasteiger partial charge in [0.25, 0.3) is 5.19 Å². The molecule has 1 aromatic heterocycles. The van der Waals surface area contributed by atoms with Crippen LogP contribution in [0.25, 0.3) is 10.8 Å². The molecule has 1 heterocycles. The van der Waals surface area contributed by atoms with E-state index in [0.29, 0.717) is 20.8 Å². The Kier molecular flexibility index (Phi) is 3.81. The van der Waals surface area contributed by atoms with Gasteiger partial charge in [0.2, 0.25) is 0 Å². The Morgan fingerprint density at radius 3 is 2.55 bits per heavy atom. The van der Waals surface area contributed by atoms with Gasteiger partial charge in [-0.05, 0) is 12.1 Å². The van der Waals surface area contributed by atoms with Crippen LogP contribution in [-0.2, 0) is 6.61 Å². The molecule has 0 fully saturated rings. The van der Waals surface area contributed by atoms with Gasteiger partial charge in [0.15, 0.2) is 0 Å². The third-order valence-electron chi connectivity index (χ3n) is 2.80. The van der Waals surface area contributed by atoms with Gasteiger partial charge in [-0.2, -0.15) is 4.98 Å². The highest BCUT2D eigenvalue weighted by molar-refractivity contribution is 7.13. The summed E-state index contributed by atoms with van der Waals surface area (Å²) in [6.45, 7) is -0.152. The number of benzene rings is 2. The van der Waals surface area contributed by atoms with Crippen LogP contribution in [-0.4, -0.2) is 10.1 Å². The molecule has 0 amide bonds. The van der Waals surface area contributed by atoms with E-state index in [1.165, 1.54) is 11.3 Å². The minimum atomic E-state index is -0.152. The fourth-order valence-electron chi connectivity index (χ4n) is 1.87. The molecule has 0 aliphatic rings. The Morgan fingerprint density at radius 2 is 1.85 bits per heavy atom. The lowest BCUT2D eigenvalue weighted by Gasteiger charge is -2.07. The summed E-state index contributed by atoms with van der Waals surface area (Å²) in [5.41, 5.74) is 0. The number of aliphatic hydroxyl groups excluding tert-OH is 1. The summed E-state index contributed by atoms with van der Waals surface area (Å²) >= 11 is 13.3. The molecular formula is C14H9Cl2NO2S. The molecule has 0 aliphatic heterocycles. The SMILES string of the molecule is OCc1sc(Oc2ccc(Cl)c3ccccc23)nc1Cl. The van der Waals surface area contributed by atoms with Gasteiger partial charge in [0.1, 0.15) is 10.9 Å². The van der Waals surface area contributed by atoms with E-state index in [4.69, 9.17) is 33.0 Å². The van der Waals surface area contributed by atoms with Gasteiger partial charge in [0.05, 0.1) is 11.5 Å². The highest BCUT2D eigenvalue weighted by Crippen LogP contribution is 2.37. The van der Waals surface area contributed by atoms with Crippen molar-refractivity contribution in [2.45, 2.75) is 6.61 Å². The van der Waals surface area contributed by atoms with Gasteiger partial charge in [-0.3, -0.25) is 0 Å². The van der Waals surface area contributed by atoms with Gasteiger partial charge in [-0.25, -0.2) is 0 Å². The number of aliphatic hydroxyl groups is 1. The zero-order valence-corrected chi connectivity index (χ0v) is 12.5. The van der Waals surface area contributed by atoms with Crippen molar-refractivity contribution in [2.24, 2.45) is 0 Å². The molecule has 20 heavy (non-hydrogen) atoms. The van der Waals surface area contributed by atoms with E-state index in [-0.39, 0.29) is 11.8 Å². The Labute approximate surface area is 129 Å². The van der Waals surface area contributed by atoms with E-state index in [1.54, 1.807) is 12.1 Å². The summed E-state index contributed by atoms with van der Waals surface area (Å²) < 4.78 is 5.76. The molecule has 0 saturated heterocycles. The zero-order chi connectivity index (χ0) is 14.1. The quantitative estimate of drug-likeness (QED) is 0.745. The standard InChI is InChI=1S/C14H9Cl2NO2S/c15-10-5-6-11(9-4-2-1-3-8(9)10)19-14-17-13(16)12(7-18)20-14/h1-6,18H,7H2. The number of ether oxygens (including phenoxy) is 1. The second-order valence-electron chi connectivity index (χ2n) is 4.05. The summed E-state index contributed by atoms with van der Waals surface area (Å²) in [4.78, 5) is 4.66. The van der Waals surface area contributed by atoms with Crippen molar-refractivity contribution in [1.82, 2.24) is 4.98 Å². The summed E-state index contributed by atoms with van der Waals surface area (Å²) in [6, 6.07) is 11.3. The van der Waals surface area contributed by atoms with E-state index in [2.05, 4.69) is 4.98 Å². The van der Waals surface area contributed by atoms with Crippen molar-refractivity contribution in [3.63, 3.8) is 0 Å². The molecule has 0 atom stereocenters. The van der Waals surface area contributed by atoms with Gasteiger partial charge >= 0.3 is 0 Å². The van der Waals surface area contributed by atoms with E-state index >= 15 is 0 Å². The summed E-state index contributed by atoms with van der Waals surface area (Å²) in [7, 11) is 0. The number of aromatic nitrogens is 1. The third kappa shape index (κ3) is 2.47. The lowest BCUT2D eigenvalue weighted by molar-refractivity contribution is 0.285. The molecule has 6 heteroatoms. The maximum absolute atomic E-state index is 9.12. The second-order valence-corrected chi connectivity index (χ2v) is 5.86. The average Bonchev–Trinajstić information content (AvgIpc) is 2.82. The Hall–Kier alpha value is -1.33. The van der Waals surface area contributed by atoms with Crippen LogP contribution < -0.4 is 4.74 Å². The molecular weight excluding hydrogens is 317 g/mol. The van der Waals surface area contributed by atoms with Gasteiger partial charge in [-0.15, -0.1) is 0 Å². The first-order chi connectivity index (χ1) is 9.69. The van der Waals surface area contributed by atoms with E-state index in [1.807, 2.05) is 24.3 Å². The smallest absolute Gasteiger partial charge is 0.280 e. The topological polar surface area (TPSA) is 42.4 Å². The van der Waals surface area contributed by atoms with E-state index in [9.17, 15) is 0 Å². The fraction of sp³-hybridized carbons (Fsp3) is 0.0714. The monoisotopic (exact) mass is 325 g/mol. The Balaban J connectivity index is 2.04. The summed E-state index contributed by atoms with van der Waals surface area (Å²) in [5.74, 6) is 0.653. The first kappa shape index (κ1) is 13.6. The van der Waals surface area contributed by atoms with Crippen molar-refractivity contribution in [3.8, 4) is 10.9 Å². The first-order valence-electron chi connectivity index (χ1n) is 5.80. The molecule has 2 aromatic carbocycles. The largest absolute Gasteiger partial charge is 0.430 e. The normalized spacial score (nSPS) is 10.9. The van der Waals surface area contributed by atoms with Crippen molar-refractivity contribution in [3.05, 3.63) is 51.5 Å². The van der Waals surface area contributed by atoms with Gasteiger partial charge in [-0.1, -0.05) is 58.8 Å². The molecule has 0 radical (unpaired) electrons. The predicted molar refractivity (Wildman–Crippen MR) is 82.1 cm³/mol. The van der Waals surface area contributed by atoms with Gasteiger partial charge in [0, 0.05) is 15.8 Å². The first-order valence-corrected chi connectivity index (χ1v) is 7.37. The molecule has 0 unspecified atom stereocenters. The zero-order valence-electron chi connectivity index (χ0n) is 10.1. The van der Waals surface area contributed by atoms with Crippen LogP contribution in [0.3, 0.4) is 0 Å². The van der Waals surface area contributed by atoms with E-state index < -0.39 is 0 Å². The van der Waals surface area contributed by atoms with Crippen molar-refractivity contribution in [1.29, 1.82) is 0 Å². The third-order valence-corrected chi connectivity index (χ3v) is 4.47. The lowest BCUT2D eigenvalue weighted by atomic mass is 10.1. The van der Waals surface area contributed by atoms with Crippen LogP contribution in [0.4, 0.5) is 0 Å². The Morgan fingerprint density at radius 1 is 1.10 bits per heavy atom. The van der Waals surface area contributed by atoms with Crippen LogP contribution in [0.2, 0.25) is 10.2 Å². The van der Waals surface area contributed by atoms with Crippen LogP contribution in [0, 0.1) is 0 Å². The minimum absolute atomic E-state index is 0.152. The Bertz CT molecular complexity index is 773. The van der Waals surface area contributed by atoms with Crippen molar-refractivity contribution < 1.29 is 9.84 Å².